The lowest BCUT2D eigenvalue weighted by atomic mass is 10.0. The van der Waals surface area contributed by atoms with Crippen molar-refractivity contribution in [1.29, 1.82) is 0 Å². The smallest absolute Gasteiger partial charge is 0.462 e. The summed E-state index contributed by atoms with van der Waals surface area (Å²) in [6.45, 7) is 4.48. The minimum Gasteiger partial charge on any atom is -0.462 e. The molecule has 0 bridgehead atoms. The predicted octanol–water partition coefficient (Wildman–Crippen LogP) is 25.9. The summed E-state index contributed by atoms with van der Waals surface area (Å²) >= 11 is 0. The zero-order valence-electron chi connectivity index (χ0n) is 69.8. The van der Waals surface area contributed by atoms with Crippen molar-refractivity contribution in [2.45, 2.75) is 341 Å². The van der Waals surface area contributed by atoms with Gasteiger partial charge in [-0.3, -0.25) is 37.3 Å². The molecule has 0 aromatic heterocycles. The number of phosphoric ester groups is 2. The second-order valence-electron chi connectivity index (χ2n) is 28.0. The molecule has 0 radical (unpaired) electrons. The summed E-state index contributed by atoms with van der Waals surface area (Å²) in [5.41, 5.74) is 0. The van der Waals surface area contributed by atoms with Crippen molar-refractivity contribution in [3.63, 3.8) is 0 Å². The summed E-state index contributed by atoms with van der Waals surface area (Å²) < 4.78 is 68.7. The van der Waals surface area contributed by atoms with E-state index in [2.05, 4.69) is 192 Å². The average molecular weight is 1600 g/mol. The average Bonchev–Trinajstić information content (AvgIpc) is 0.908. The third-order valence-electron chi connectivity index (χ3n) is 17.4. The Morgan fingerprint density at radius 2 is 0.482 bits per heavy atom. The summed E-state index contributed by atoms with van der Waals surface area (Å²) in [5, 5.41) is 10.7. The van der Waals surface area contributed by atoms with Crippen molar-refractivity contribution >= 4 is 39.5 Å². The number of ether oxygens (including phenoxy) is 4. The second kappa shape index (κ2) is 83.1. The fourth-order valence-corrected chi connectivity index (χ4v) is 12.5. The normalized spacial score (nSPS) is 14.7. The summed E-state index contributed by atoms with van der Waals surface area (Å²) in [6, 6.07) is 0. The standard InChI is InChI=1S/C93H152O17P2/c1-5-9-13-17-21-25-29-33-37-40-43-46-50-54-58-62-66-70-74-78-91(96)104-84-89(110-93(98)80-76-72-68-64-60-56-52-48-45-42-39-35-31-27-23-19-15-11-7-3)86-108-112(101,102)106-82-87(94)81-105-111(99,100)107-85-88(83-103-90(95)77-73-69-65-61-57-53-49-36-32-28-24-20-16-12-8-4)109-92(97)79-75-71-67-63-59-55-51-47-44-41-38-34-30-26-22-18-14-10-6-2/h9-10,13-14,21-23,25-27,33-35,37-39,43-48,54-56,58-60,68,72,87-89,94H,5-8,11-12,15-20,24,28-32,36,40-42,49-53,57,61-67,69-71,73-86H2,1-4H3,(H,99,100)(H,101,102)/b13-9-,14-10-,25-21-,26-22-,27-23-,37-33-,38-34-,39-35-,46-43-,47-44-,48-45-,58-54-,59-55-,60-56-,72-68-/t87-,88+,89+/m0/s1. The Bertz CT molecular complexity index is 2840. The number of carbonyl (C=O) groups excluding carboxylic acids is 4. The molecule has 0 saturated heterocycles. The van der Waals surface area contributed by atoms with E-state index in [-0.39, 0.29) is 25.7 Å². The molecule has 0 saturated carbocycles. The number of allylic oxidation sites excluding steroid dienone is 30. The highest BCUT2D eigenvalue weighted by atomic mass is 31.2. The first-order valence-corrected chi connectivity index (χ1v) is 46.0. The van der Waals surface area contributed by atoms with Gasteiger partial charge in [0.1, 0.15) is 19.3 Å². The van der Waals surface area contributed by atoms with Gasteiger partial charge in [-0.05, 0) is 154 Å². The van der Waals surface area contributed by atoms with E-state index in [0.717, 1.165) is 154 Å². The number of phosphoric acid groups is 2. The van der Waals surface area contributed by atoms with Gasteiger partial charge in [0.25, 0.3) is 0 Å². The molecule has 0 amide bonds. The summed E-state index contributed by atoms with van der Waals surface area (Å²) in [4.78, 5) is 73.3. The van der Waals surface area contributed by atoms with E-state index in [1.807, 2.05) is 18.2 Å². The first kappa shape index (κ1) is 106. The fraction of sp³-hybridized carbons (Fsp3) is 0.634. The van der Waals surface area contributed by atoms with Gasteiger partial charge in [-0.1, -0.05) is 326 Å². The van der Waals surface area contributed by atoms with Gasteiger partial charge in [0.2, 0.25) is 0 Å². The highest BCUT2D eigenvalue weighted by Crippen LogP contribution is 2.45. The van der Waals surface area contributed by atoms with E-state index in [0.29, 0.717) is 32.1 Å². The van der Waals surface area contributed by atoms with Crippen LogP contribution in [0.1, 0.15) is 323 Å². The van der Waals surface area contributed by atoms with E-state index in [4.69, 9.17) is 37.0 Å². The van der Waals surface area contributed by atoms with Crippen LogP contribution in [0.2, 0.25) is 0 Å². The van der Waals surface area contributed by atoms with E-state index >= 15 is 0 Å². The maximum atomic E-state index is 13.1. The van der Waals surface area contributed by atoms with Crippen molar-refractivity contribution in [2.24, 2.45) is 0 Å². The van der Waals surface area contributed by atoms with Gasteiger partial charge >= 0.3 is 39.5 Å². The van der Waals surface area contributed by atoms with Crippen LogP contribution >= 0.6 is 15.6 Å². The first-order chi connectivity index (χ1) is 54.7. The Balaban J connectivity index is 5.53. The van der Waals surface area contributed by atoms with Crippen LogP contribution in [-0.2, 0) is 65.4 Å². The SMILES string of the molecule is CC/C=C\C/C=C\C/C=C\C/C=C\C/C=C\CCCCCC(=O)OC[C@H](COP(=O)(O)OC[C@@H](O)COP(=O)(O)OC[C@@H](COC(=O)CCCCCCCCCCCCCCCCC)OC(=O)CCCCC/C=C\C/C=C\C/C=C\C/C=C\C/C=C\CC)OC(=O)CC/C=C\C/C=C\C/C=C\C/C=C\C/C=C\CCCCC. The van der Waals surface area contributed by atoms with Gasteiger partial charge in [0.15, 0.2) is 12.2 Å². The van der Waals surface area contributed by atoms with E-state index in [1.165, 1.54) is 83.5 Å². The van der Waals surface area contributed by atoms with E-state index < -0.39 is 97.5 Å². The minimum absolute atomic E-state index is 0.0435. The van der Waals surface area contributed by atoms with Crippen molar-refractivity contribution in [2.75, 3.05) is 39.6 Å². The highest BCUT2D eigenvalue weighted by molar-refractivity contribution is 7.47. The molecule has 0 aliphatic carbocycles. The Kier molecular flexibility index (Phi) is 78.8. The molecule has 17 nitrogen and oxygen atoms in total. The number of hydrogen-bond donors (Lipinski definition) is 3. The molecule has 0 fully saturated rings. The molecular weight excluding hydrogens is 1450 g/mol. The molecule has 0 spiro atoms. The molecule has 0 aromatic rings. The first-order valence-electron chi connectivity index (χ1n) is 43.0. The van der Waals surface area contributed by atoms with Crippen LogP contribution in [-0.4, -0.2) is 96.7 Å². The molecule has 0 rings (SSSR count). The van der Waals surface area contributed by atoms with Gasteiger partial charge in [0, 0.05) is 25.7 Å². The monoisotopic (exact) mass is 1600 g/mol. The van der Waals surface area contributed by atoms with Crippen molar-refractivity contribution in [3.05, 3.63) is 182 Å². The van der Waals surface area contributed by atoms with Crippen LogP contribution in [0.3, 0.4) is 0 Å². The van der Waals surface area contributed by atoms with E-state index in [1.54, 1.807) is 0 Å². The van der Waals surface area contributed by atoms with Crippen LogP contribution in [0, 0.1) is 0 Å². The fourth-order valence-electron chi connectivity index (χ4n) is 10.9. The predicted molar refractivity (Wildman–Crippen MR) is 463 cm³/mol. The number of aliphatic hydroxyl groups excluding tert-OH is 1. The Morgan fingerprint density at radius 1 is 0.259 bits per heavy atom. The Hall–Kier alpha value is -5.84. The number of rotatable bonds is 79. The molecule has 112 heavy (non-hydrogen) atoms. The van der Waals surface area contributed by atoms with Crippen LogP contribution in [0.5, 0.6) is 0 Å². The summed E-state index contributed by atoms with van der Waals surface area (Å²) in [7, 11) is -10.0. The van der Waals surface area contributed by atoms with Gasteiger partial charge in [-0.15, -0.1) is 0 Å². The largest absolute Gasteiger partial charge is 0.472 e. The maximum absolute atomic E-state index is 13.1. The molecule has 5 atom stereocenters. The van der Waals surface area contributed by atoms with Crippen molar-refractivity contribution < 1.29 is 80.2 Å². The molecule has 2 unspecified atom stereocenters. The number of unbranched alkanes of at least 4 members (excludes halogenated alkanes) is 23. The lowest BCUT2D eigenvalue weighted by Gasteiger charge is -2.21. The van der Waals surface area contributed by atoms with E-state index in [9.17, 15) is 43.2 Å². The van der Waals surface area contributed by atoms with Crippen LogP contribution < -0.4 is 0 Å². The van der Waals surface area contributed by atoms with Gasteiger partial charge in [-0.2, -0.15) is 0 Å². The minimum atomic E-state index is -5.02. The molecule has 0 aliphatic rings. The third-order valence-corrected chi connectivity index (χ3v) is 19.3. The zero-order chi connectivity index (χ0) is 81.7. The number of aliphatic hydroxyl groups is 1. The number of hydrogen-bond acceptors (Lipinski definition) is 15. The molecule has 636 valence electrons. The van der Waals surface area contributed by atoms with Crippen LogP contribution in [0.25, 0.3) is 0 Å². The van der Waals surface area contributed by atoms with Gasteiger partial charge in [0.05, 0.1) is 26.4 Å². The summed E-state index contributed by atoms with van der Waals surface area (Å²) in [6.07, 6.45) is 102. The maximum Gasteiger partial charge on any atom is 0.472 e. The molecule has 0 heterocycles. The van der Waals surface area contributed by atoms with Gasteiger partial charge in [-0.25, -0.2) is 9.13 Å². The Morgan fingerprint density at radius 3 is 0.786 bits per heavy atom. The van der Waals surface area contributed by atoms with Crippen molar-refractivity contribution in [3.8, 4) is 0 Å². The zero-order valence-corrected chi connectivity index (χ0v) is 71.6. The second-order valence-corrected chi connectivity index (χ2v) is 30.9. The van der Waals surface area contributed by atoms with Crippen LogP contribution in [0.15, 0.2) is 182 Å². The topological polar surface area (TPSA) is 237 Å². The number of carbonyl (C=O) groups is 4. The third kappa shape index (κ3) is 82.2. The lowest BCUT2D eigenvalue weighted by molar-refractivity contribution is -0.161. The van der Waals surface area contributed by atoms with Crippen LogP contribution in [0.4, 0.5) is 0 Å². The lowest BCUT2D eigenvalue weighted by Crippen LogP contribution is -2.30. The van der Waals surface area contributed by atoms with Crippen molar-refractivity contribution in [1.82, 2.24) is 0 Å². The quantitative estimate of drug-likeness (QED) is 0.0169. The molecule has 0 aliphatic heterocycles. The Labute approximate surface area is 679 Å². The molecule has 19 heteroatoms. The van der Waals surface area contributed by atoms with Gasteiger partial charge < -0.3 is 33.8 Å². The molecular formula is C93H152O17P2. The highest BCUT2D eigenvalue weighted by Gasteiger charge is 2.30. The summed E-state index contributed by atoms with van der Waals surface area (Å²) in [5.74, 6) is -2.35. The molecule has 0 aromatic carbocycles. The number of esters is 4. The molecule has 3 N–H and O–H groups in total.